The van der Waals surface area contributed by atoms with Crippen LogP contribution >= 0.6 is 0 Å². The van der Waals surface area contributed by atoms with Crippen LogP contribution in [0.2, 0.25) is 0 Å². The Balaban J connectivity index is 1.62. The summed E-state index contributed by atoms with van der Waals surface area (Å²) in [5.74, 6) is -0.532. The third-order valence-electron chi connectivity index (χ3n) is 4.84. The summed E-state index contributed by atoms with van der Waals surface area (Å²) in [5.41, 5.74) is 1.32. The topological polar surface area (TPSA) is 70.1 Å². The number of aromatic carboxylic acids is 1. The van der Waals surface area contributed by atoms with Crippen molar-refractivity contribution >= 4 is 11.9 Å². The van der Waals surface area contributed by atoms with E-state index < -0.39 is 5.97 Å². The van der Waals surface area contributed by atoms with Gasteiger partial charge in [-0.2, -0.15) is 0 Å². The third-order valence-corrected chi connectivity index (χ3v) is 4.84. The number of hydrogen-bond donors (Lipinski definition) is 1. The van der Waals surface area contributed by atoms with Gasteiger partial charge in [0.2, 0.25) is 5.91 Å². The highest BCUT2D eigenvalue weighted by atomic mass is 16.5. The summed E-state index contributed by atoms with van der Waals surface area (Å²) in [5, 5.41) is 9.15. The molecule has 24 heavy (non-hydrogen) atoms. The Hall–Kier alpha value is -1.92. The van der Waals surface area contributed by atoms with E-state index in [1.165, 1.54) is 0 Å². The second-order valence-electron chi connectivity index (χ2n) is 6.50. The number of piperidine rings is 1. The molecule has 0 bridgehead atoms. The van der Waals surface area contributed by atoms with Crippen molar-refractivity contribution in [3.63, 3.8) is 0 Å². The predicted octanol–water partition coefficient (Wildman–Crippen LogP) is 1.42. The van der Waals surface area contributed by atoms with Crippen molar-refractivity contribution in [3.8, 4) is 0 Å². The van der Waals surface area contributed by atoms with E-state index in [4.69, 9.17) is 9.84 Å². The van der Waals surface area contributed by atoms with Gasteiger partial charge < -0.3 is 14.7 Å². The molecule has 2 fully saturated rings. The van der Waals surface area contributed by atoms with Crippen molar-refractivity contribution in [1.82, 2.24) is 9.80 Å². The van der Waals surface area contributed by atoms with E-state index in [1.54, 1.807) is 18.2 Å². The van der Waals surface area contributed by atoms with E-state index in [9.17, 15) is 9.59 Å². The van der Waals surface area contributed by atoms with Crippen LogP contribution in [0.15, 0.2) is 24.3 Å². The van der Waals surface area contributed by atoms with Gasteiger partial charge in [0.15, 0.2) is 0 Å². The molecule has 1 N–H and O–H groups in total. The maximum atomic E-state index is 12.6. The largest absolute Gasteiger partial charge is 0.478 e. The molecule has 130 valence electrons. The number of ether oxygens (including phenoxy) is 1. The minimum atomic E-state index is -0.909. The number of likely N-dealkylation sites (tertiary alicyclic amines) is 1. The Morgan fingerprint density at radius 1 is 1.21 bits per heavy atom. The summed E-state index contributed by atoms with van der Waals surface area (Å²) < 4.78 is 5.32. The summed E-state index contributed by atoms with van der Waals surface area (Å²) >= 11 is 0. The smallest absolute Gasteiger partial charge is 0.335 e. The molecular weight excluding hydrogens is 308 g/mol. The number of carboxylic acid groups (broad SMARTS) is 1. The highest BCUT2D eigenvalue weighted by Gasteiger charge is 2.26. The molecule has 1 amide bonds. The molecule has 0 aliphatic carbocycles. The first-order chi connectivity index (χ1) is 11.6. The van der Waals surface area contributed by atoms with Gasteiger partial charge in [-0.15, -0.1) is 0 Å². The highest BCUT2D eigenvalue weighted by molar-refractivity contribution is 5.87. The van der Waals surface area contributed by atoms with Crippen LogP contribution in [0.5, 0.6) is 0 Å². The Bertz CT molecular complexity index is 598. The standard InChI is InChI=1S/C18H24N2O4/c21-17(13-19-7-9-24-10-8-19)20-6-2-5-16(12-20)14-3-1-4-15(11-14)18(22)23/h1,3-4,11,16H,2,5-10,12-13H2,(H,22,23)/t16-/m1/s1. The van der Waals surface area contributed by atoms with Crippen LogP contribution in [0.3, 0.4) is 0 Å². The van der Waals surface area contributed by atoms with Crippen molar-refractivity contribution in [3.05, 3.63) is 35.4 Å². The molecule has 6 heteroatoms. The lowest BCUT2D eigenvalue weighted by Gasteiger charge is -2.35. The molecule has 0 radical (unpaired) electrons. The normalized spacial score (nSPS) is 22.3. The van der Waals surface area contributed by atoms with Crippen molar-refractivity contribution in [2.24, 2.45) is 0 Å². The SMILES string of the molecule is O=C(O)c1cccc([C@@H]2CCCN(C(=O)CN3CCOCC3)C2)c1. The van der Waals surface area contributed by atoms with E-state index in [0.717, 1.165) is 38.0 Å². The first-order valence-electron chi connectivity index (χ1n) is 8.54. The van der Waals surface area contributed by atoms with Crippen LogP contribution in [0.25, 0.3) is 0 Å². The fourth-order valence-corrected chi connectivity index (χ4v) is 3.45. The molecule has 1 atom stereocenters. The summed E-state index contributed by atoms with van der Waals surface area (Å²) in [6, 6.07) is 7.10. The molecule has 1 aromatic rings. The van der Waals surface area contributed by atoms with Gasteiger partial charge >= 0.3 is 5.97 Å². The molecule has 0 aromatic heterocycles. The number of carboxylic acids is 1. The van der Waals surface area contributed by atoms with E-state index in [2.05, 4.69) is 4.90 Å². The van der Waals surface area contributed by atoms with E-state index in [-0.39, 0.29) is 11.8 Å². The Morgan fingerprint density at radius 3 is 2.75 bits per heavy atom. The van der Waals surface area contributed by atoms with Gasteiger partial charge in [0.1, 0.15) is 0 Å². The Morgan fingerprint density at radius 2 is 2.00 bits per heavy atom. The lowest BCUT2D eigenvalue weighted by atomic mass is 9.89. The molecule has 0 unspecified atom stereocenters. The fourth-order valence-electron chi connectivity index (χ4n) is 3.45. The number of nitrogens with zero attached hydrogens (tertiary/aromatic N) is 2. The molecule has 0 saturated carbocycles. The lowest BCUT2D eigenvalue weighted by Crippen LogP contribution is -2.47. The van der Waals surface area contributed by atoms with Crippen LogP contribution in [0, 0.1) is 0 Å². The average molecular weight is 332 g/mol. The van der Waals surface area contributed by atoms with Gasteiger partial charge in [-0.3, -0.25) is 9.69 Å². The van der Waals surface area contributed by atoms with E-state index in [0.29, 0.717) is 31.9 Å². The number of amides is 1. The van der Waals surface area contributed by atoms with Crippen LogP contribution < -0.4 is 0 Å². The second kappa shape index (κ2) is 7.77. The summed E-state index contributed by atoms with van der Waals surface area (Å²) in [7, 11) is 0. The van der Waals surface area contributed by atoms with Gasteiger partial charge in [0.05, 0.1) is 25.3 Å². The van der Waals surface area contributed by atoms with Crippen molar-refractivity contribution < 1.29 is 19.4 Å². The van der Waals surface area contributed by atoms with E-state index >= 15 is 0 Å². The monoisotopic (exact) mass is 332 g/mol. The molecule has 2 aliphatic rings. The molecule has 1 aromatic carbocycles. The molecular formula is C18H24N2O4. The minimum absolute atomic E-state index is 0.163. The maximum Gasteiger partial charge on any atom is 0.335 e. The first kappa shape index (κ1) is 16.9. The van der Waals surface area contributed by atoms with Crippen molar-refractivity contribution in [2.45, 2.75) is 18.8 Å². The number of morpholine rings is 1. The number of rotatable bonds is 4. The van der Waals surface area contributed by atoms with Crippen LogP contribution in [-0.4, -0.2) is 72.7 Å². The molecule has 2 aliphatic heterocycles. The Labute approximate surface area is 142 Å². The molecule has 2 heterocycles. The fraction of sp³-hybridized carbons (Fsp3) is 0.556. The number of benzene rings is 1. The molecule has 3 rings (SSSR count). The van der Waals surface area contributed by atoms with Crippen LogP contribution in [-0.2, 0) is 9.53 Å². The first-order valence-corrected chi connectivity index (χ1v) is 8.54. The minimum Gasteiger partial charge on any atom is -0.478 e. The Kier molecular flexibility index (Phi) is 5.48. The zero-order chi connectivity index (χ0) is 16.9. The second-order valence-corrected chi connectivity index (χ2v) is 6.50. The average Bonchev–Trinajstić information content (AvgIpc) is 2.63. The van der Waals surface area contributed by atoms with Gasteiger partial charge in [-0.25, -0.2) is 4.79 Å². The van der Waals surface area contributed by atoms with Gasteiger partial charge in [0.25, 0.3) is 0 Å². The van der Waals surface area contributed by atoms with Gasteiger partial charge in [-0.05, 0) is 30.5 Å². The zero-order valence-corrected chi connectivity index (χ0v) is 13.8. The third kappa shape index (κ3) is 4.13. The lowest BCUT2D eigenvalue weighted by molar-refractivity contribution is -0.134. The number of hydrogen-bond acceptors (Lipinski definition) is 4. The molecule has 2 saturated heterocycles. The summed E-state index contributed by atoms with van der Waals surface area (Å²) in [4.78, 5) is 27.8. The summed E-state index contributed by atoms with van der Waals surface area (Å²) in [6.45, 7) is 4.92. The number of carbonyl (C=O) groups is 2. The zero-order valence-electron chi connectivity index (χ0n) is 13.8. The van der Waals surface area contributed by atoms with Crippen molar-refractivity contribution in [2.75, 3.05) is 45.9 Å². The maximum absolute atomic E-state index is 12.6. The van der Waals surface area contributed by atoms with Gasteiger partial charge in [0, 0.05) is 32.1 Å². The molecule has 0 spiro atoms. The highest BCUT2D eigenvalue weighted by Crippen LogP contribution is 2.27. The quantitative estimate of drug-likeness (QED) is 0.903. The number of carbonyl (C=O) groups excluding carboxylic acids is 1. The molecule has 6 nitrogen and oxygen atoms in total. The summed E-state index contributed by atoms with van der Waals surface area (Å²) in [6.07, 6.45) is 1.95. The predicted molar refractivity (Wildman–Crippen MR) is 89.2 cm³/mol. The van der Waals surface area contributed by atoms with Crippen LogP contribution in [0.4, 0.5) is 0 Å². The van der Waals surface area contributed by atoms with Crippen LogP contribution in [0.1, 0.15) is 34.7 Å². The van der Waals surface area contributed by atoms with E-state index in [1.807, 2.05) is 11.0 Å². The van der Waals surface area contributed by atoms with Crippen molar-refractivity contribution in [1.29, 1.82) is 0 Å². The van der Waals surface area contributed by atoms with Gasteiger partial charge in [-0.1, -0.05) is 12.1 Å².